The molecule has 1 atom stereocenters. The van der Waals surface area contributed by atoms with Gasteiger partial charge < -0.3 is 5.32 Å². The second-order valence-corrected chi connectivity index (χ2v) is 5.89. The summed E-state index contributed by atoms with van der Waals surface area (Å²) in [6, 6.07) is 9.49. The van der Waals surface area contributed by atoms with E-state index >= 15 is 0 Å². The van der Waals surface area contributed by atoms with Crippen molar-refractivity contribution >= 4 is 21.4 Å². The van der Waals surface area contributed by atoms with Crippen LogP contribution < -0.4 is 5.32 Å². The topological polar surface area (TPSA) is 12.0 Å². The fraction of sp³-hybridized carbons (Fsp3) is 0.429. The zero-order valence-corrected chi connectivity index (χ0v) is 10.4. The van der Waals surface area contributed by atoms with Crippen LogP contribution in [0.4, 0.5) is 0 Å². The van der Waals surface area contributed by atoms with Crippen LogP contribution in [0, 0.1) is 6.92 Å². The molecule has 0 radical (unpaired) electrons. The van der Waals surface area contributed by atoms with Gasteiger partial charge in [-0.05, 0) is 49.7 Å². The molecule has 0 amide bonds. The second-order valence-electron chi connectivity index (χ2n) is 4.63. The largest absolute Gasteiger partial charge is 0.314 e. The van der Waals surface area contributed by atoms with E-state index in [0.29, 0.717) is 6.04 Å². The molecule has 0 bridgehead atoms. The van der Waals surface area contributed by atoms with Gasteiger partial charge >= 0.3 is 0 Å². The SMILES string of the molecule is Cc1sc2ccccc2c1CC1CCCN1. The maximum absolute atomic E-state index is 3.59. The van der Waals surface area contributed by atoms with E-state index in [1.54, 1.807) is 5.56 Å². The molecule has 1 aliphatic rings. The van der Waals surface area contributed by atoms with Crippen LogP contribution in [0.25, 0.3) is 10.1 Å². The summed E-state index contributed by atoms with van der Waals surface area (Å²) >= 11 is 1.93. The van der Waals surface area contributed by atoms with Crippen molar-refractivity contribution in [2.75, 3.05) is 6.54 Å². The minimum atomic E-state index is 0.705. The molecule has 2 aromatic rings. The Morgan fingerprint density at radius 1 is 1.38 bits per heavy atom. The first-order valence-corrected chi connectivity index (χ1v) is 6.86. The second kappa shape index (κ2) is 4.19. The van der Waals surface area contributed by atoms with E-state index in [2.05, 4.69) is 36.5 Å². The monoisotopic (exact) mass is 231 g/mol. The summed E-state index contributed by atoms with van der Waals surface area (Å²) in [4.78, 5) is 1.50. The van der Waals surface area contributed by atoms with Crippen LogP contribution >= 0.6 is 11.3 Å². The van der Waals surface area contributed by atoms with Gasteiger partial charge in [-0.25, -0.2) is 0 Å². The van der Waals surface area contributed by atoms with Gasteiger partial charge in [0, 0.05) is 15.6 Å². The smallest absolute Gasteiger partial charge is 0.0348 e. The highest BCUT2D eigenvalue weighted by molar-refractivity contribution is 7.19. The number of aryl methyl sites for hydroxylation is 1. The molecule has 16 heavy (non-hydrogen) atoms. The summed E-state index contributed by atoms with van der Waals surface area (Å²) in [7, 11) is 0. The van der Waals surface area contributed by atoms with Crippen molar-refractivity contribution in [2.45, 2.75) is 32.2 Å². The highest BCUT2D eigenvalue weighted by atomic mass is 32.1. The van der Waals surface area contributed by atoms with Crippen LogP contribution in [0.5, 0.6) is 0 Å². The zero-order valence-electron chi connectivity index (χ0n) is 9.62. The normalized spacial score (nSPS) is 20.7. The Balaban J connectivity index is 1.98. The summed E-state index contributed by atoms with van der Waals surface area (Å²) < 4.78 is 1.44. The molecule has 1 nitrogen and oxygen atoms in total. The van der Waals surface area contributed by atoms with E-state index in [1.807, 2.05) is 11.3 Å². The fourth-order valence-corrected chi connectivity index (χ4v) is 3.75. The van der Waals surface area contributed by atoms with Gasteiger partial charge in [-0.15, -0.1) is 11.3 Å². The molecule has 0 aliphatic carbocycles. The molecule has 1 aliphatic heterocycles. The van der Waals surface area contributed by atoms with E-state index in [-0.39, 0.29) is 0 Å². The number of rotatable bonds is 2. The van der Waals surface area contributed by atoms with Gasteiger partial charge in [-0.1, -0.05) is 18.2 Å². The van der Waals surface area contributed by atoms with Gasteiger partial charge in [-0.2, -0.15) is 0 Å². The van der Waals surface area contributed by atoms with E-state index in [4.69, 9.17) is 0 Å². The lowest BCUT2D eigenvalue weighted by molar-refractivity contribution is 0.604. The van der Waals surface area contributed by atoms with E-state index in [1.165, 1.54) is 40.8 Å². The fourth-order valence-electron chi connectivity index (χ4n) is 2.65. The quantitative estimate of drug-likeness (QED) is 0.834. The lowest BCUT2D eigenvalue weighted by atomic mass is 10.0. The maximum Gasteiger partial charge on any atom is 0.0348 e. The number of fused-ring (bicyclic) bond motifs is 1. The average Bonchev–Trinajstić information content (AvgIpc) is 2.89. The highest BCUT2D eigenvalue weighted by Crippen LogP contribution is 2.32. The number of thiophene rings is 1. The van der Waals surface area contributed by atoms with Gasteiger partial charge in [0.2, 0.25) is 0 Å². The third kappa shape index (κ3) is 1.76. The van der Waals surface area contributed by atoms with Crippen LogP contribution in [0.3, 0.4) is 0 Å². The Hall–Kier alpha value is -0.860. The Morgan fingerprint density at radius 3 is 3.06 bits per heavy atom. The highest BCUT2D eigenvalue weighted by Gasteiger charge is 2.17. The van der Waals surface area contributed by atoms with Crippen molar-refractivity contribution in [3.8, 4) is 0 Å². The van der Waals surface area contributed by atoms with Crippen LogP contribution in [0.2, 0.25) is 0 Å². The first kappa shape index (κ1) is 10.3. The zero-order chi connectivity index (χ0) is 11.0. The molecule has 84 valence electrons. The first-order chi connectivity index (χ1) is 7.84. The summed E-state index contributed by atoms with van der Waals surface area (Å²) in [6.45, 7) is 3.46. The summed E-state index contributed by atoms with van der Waals surface area (Å²) in [5.41, 5.74) is 1.57. The van der Waals surface area contributed by atoms with Gasteiger partial charge in [-0.3, -0.25) is 0 Å². The van der Waals surface area contributed by atoms with Crippen LogP contribution in [-0.2, 0) is 6.42 Å². The Bertz CT molecular complexity index is 494. The number of nitrogens with one attached hydrogen (secondary N) is 1. The molecule has 1 aromatic carbocycles. The lowest BCUT2D eigenvalue weighted by Crippen LogP contribution is -2.23. The minimum absolute atomic E-state index is 0.705. The molecule has 1 N–H and O–H groups in total. The van der Waals surface area contributed by atoms with Crippen molar-refractivity contribution < 1.29 is 0 Å². The predicted octanol–water partition coefficient (Wildman–Crippen LogP) is 3.50. The van der Waals surface area contributed by atoms with Crippen molar-refractivity contribution in [3.63, 3.8) is 0 Å². The van der Waals surface area contributed by atoms with E-state index in [0.717, 1.165) is 0 Å². The third-order valence-corrected chi connectivity index (χ3v) is 4.64. The summed E-state index contributed by atoms with van der Waals surface area (Å²) in [5, 5.41) is 5.06. The van der Waals surface area contributed by atoms with Crippen molar-refractivity contribution in [1.29, 1.82) is 0 Å². The first-order valence-electron chi connectivity index (χ1n) is 6.05. The molecule has 2 heterocycles. The van der Waals surface area contributed by atoms with Crippen LogP contribution in [-0.4, -0.2) is 12.6 Å². The average molecular weight is 231 g/mol. The molecule has 0 saturated carbocycles. The molecule has 3 rings (SSSR count). The lowest BCUT2D eigenvalue weighted by Gasteiger charge is -2.10. The minimum Gasteiger partial charge on any atom is -0.314 e. The number of hydrogen-bond donors (Lipinski definition) is 1. The maximum atomic E-state index is 3.59. The summed E-state index contributed by atoms with van der Waals surface area (Å²) in [6.07, 6.45) is 3.88. The summed E-state index contributed by atoms with van der Waals surface area (Å²) in [5.74, 6) is 0. The molecular formula is C14H17NS. The van der Waals surface area contributed by atoms with Crippen LogP contribution in [0.1, 0.15) is 23.3 Å². The van der Waals surface area contributed by atoms with Gasteiger partial charge in [0.1, 0.15) is 0 Å². The molecule has 0 spiro atoms. The molecule has 1 fully saturated rings. The number of benzene rings is 1. The van der Waals surface area contributed by atoms with Gasteiger partial charge in [0.25, 0.3) is 0 Å². The van der Waals surface area contributed by atoms with Crippen LogP contribution in [0.15, 0.2) is 24.3 Å². The van der Waals surface area contributed by atoms with Crippen molar-refractivity contribution in [3.05, 3.63) is 34.7 Å². The predicted molar refractivity (Wildman–Crippen MR) is 71.3 cm³/mol. The molecule has 2 heteroatoms. The standard InChI is InChI=1S/C14H17NS/c1-10-13(9-11-5-4-8-15-11)12-6-2-3-7-14(12)16-10/h2-3,6-7,11,15H,4-5,8-9H2,1H3. The Kier molecular flexibility index (Phi) is 2.70. The Morgan fingerprint density at radius 2 is 2.25 bits per heavy atom. The Labute approximate surface area is 100 Å². The van der Waals surface area contributed by atoms with E-state index in [9.17, 15) is 0 Å². The van der Waals surface area contributed by atoms with Crippen molar-refractivity contribution in [2.24, 2.45) is 0 Å². The number of hydrogen-bond acceptors (Lipinski definition) is 2. The molecule has 1 unspecified atom stereocenters. The molecule has 1 saturated heterocycles. The molecular weight excluding hydrogens is 214 g/mol. The third-order valence-electron chi connectivity index (χ3n) is 3.51. The van der Waals surface area contributed by atoms with Gasteiger partial charge in [0.15, 0.2) is 0 Å². The van der Waals surface area contributed by atoms with E-state index < -0.39 is 0 Å². The van der Waals surface area contributed by atoms with Gasteiger partial charge in [0.05, 0.1) is 0 Å². The molecule has 1 aromatic heterocycles. The van der Waals surface area contributed by atoms with Crippen molar-refractivity contribution in [1.82, 2.24) is 5.32 Å².